The Morgan fingerprint density at radius 2 is 2.05 bits per heavy atom. The highest BCUT2D eigenvalue weighted by Gasteiger charge is 2.37. The zero-order chi connectivity index (χ0) is 14.7. The van der Waals surface area contributed by atoms with Crippen molar-refractivity contribution in [2.45, 2.75) is 31.6 Å². The van der Waals surface area contributed by atoms with Crippen molar-refractivity contribution in [3.8, 4) is 0 Å². The van der Waals surface area contributed by atoms with Crippen LogP contribution in [0, 0.1) is 5.92 Å². The zero-order valence-corrected chi connectivity index (χ0v) is 12.3. The molecule has 0 radical (unpaired) electrons. The SMILES string of the molecule is COC(=O)C(c1nc(N2CCOCC2)no1)C1CCCC1. The zero-order valence-electron chi connectivity index (χ0n) is 12.3. The van der Waals surface area contributed by atoms with Gasteiger partial charge in [-0.1, -0.05) is 12.8 Å². The van der Waals surface area contributed by atoms with Crippen LogP contribution in [0.5, 0.6) is 0 Å². The first-order chi connectivity index (χ1) is 10.3. The first-order valence-electron chi connectivity index (χ1n) is 7.53. The Morgan fingerprint density at radius 3 is 2.71 bits per heavy atom. The molecule has 0 spiro atoms. The highest BCUT2D eigenvalue weighted by atomic mass is 16.5. The van der Waals surface area contributed by atoms with E-state index in [4.69, 9.17) is 14.0 Å². The Morgan fingerprint density at radius 1 is 1.33 bits per heavy atom. The van der Waals surface area contributed by atoms with Crippen molar-refractivity contribution in [2.75, 3.05) is 38.3 Å². The number of hydrogen-bond acceptors (Lipinski definition) is 7. The third kappa shape index (κ3) is 3.02. The van der Waals surface area contributed by atoms with Crippen molar-refractivity contribution in [3.63, 3.8) is 0 Å². The van der Waals surface area contributed by atoms with Crippen LogP contribution in [-0.2, 0) is 14.3 Å². The summed E-state index contributed by atoms with van der Waals surface area (Å²) in [4.78, 5) is 18.6. The second kappa shape index (κ2) is 6.43. The molecule has 1 aromatic heterocycles. The van der Waals surface area contributed by atoms with E-state index in [0.29, 0.717) is 25.1 Å². The molecule has 0 N–H and O–H groups in total. The Kier molecular flexibility index (Phi) is 4.38. The molecule has 1 aromatic rings. The molecule has 1 unspecified atom stereocenters. The van der Waals surface area contributed by atoms with Crippen LogP contribution in [0.15, 0.2) is 4.52 Å². The Bertz CT molecular complexity index is 478. The molecular weight excluding hydrogens is 274 g/mol. The molecule has 2 aliphatic rings. The van der Waals surface area contributed by atoms with Crippen LogP contribution in [0.4, 0.5) is 5.95 Å². The van der Waals surface area contributed by atoms with Gasteiger partial charge in [-0.25, -0.2) is 0 Å². The van der Waals surface area contributed by atoms with Crippen molar-refractivity contribution in [2.24, 2.45) is 5.92 Å². The van der Waals surface area contributed by atoms with E-state index < -0.39 is 5.92 Å². The lowest BCUT2D eigenvalue weighted by Gasteiger charge is -2.24. The summed E-state index contributed by atoms with van der Waals surface area (Å²) >= 11 is 0. The molecule has 2 fully saturated rings. The van der Waals surface area contributed by atoms with Gasteiger partial charge in [-0.05, 0) is 23.9 Å². The highest BCUT2D eigenvalue weighted by Crippen LogP contribution is 2.37. The second-order valence-electron chi connectivity index (χ2n) is 5.58. The Balaban J connectivity index is 1.78. The van der Waals surface area contributed by atoms with E-state index >= 15 is 0 Å². The second-order valence-corrected chi connectivity index (χ2v) is 5.58. The summed E-state index contributed by atoms with van der Waals surface area (Å²) in [5.41, 5.74) is 0. The quantitative estimate of drug-likeness (QED) is 0.776. The lowest BCUT2D eigenvalue weighted by Crippen LogP contribution is -2.37. The van der Waals surface area contributed by atoms with Crippen LogP contribution >= 0.6 is 0 Å². The van der Waals surface area contributed by atoms with Gasteiger partial charge in [0.05, 0.1) is 20.3 Å². The summed E-state index contributed by atoms with van der Waals surface area (Å²) in [5, 5.41) is 4.03. The normalized spacial score (nSPS) is 21.5. The highest BCUT2D eigenvalue weighted by molar-refractivity contribution is 5.77. The Hall–Kier alpha value is -1.63. The fraction of sp³-hybridized carbons (Fsp3) is 0.786. The number of anilines is 1. The maximum absolute atomic E-state index is 12.1. The molecule has 0 amide bonds. The minimum Gasteiger partial charge on any atom is -0.468 e. The fourth-order valence-electron chi connectivity index (χ4n) is 3.16. The van der Waals surface area contributed by atoms with Gasteiger partial charge in [-0.2, -0.15) is 4.98 Å². The van der Waals surface area contributed by atoms with Crippen molar-refractivity contribution < 1.29 is 18.8 Å². The number of carbonyl (C=O) groups is 1. The summed E-state index contributed by atoms with van der Waals surface area (Å²) in [7, 11) is 1.41. The first kappa shape index (κ1) is 14.3. The summed E-state index contributed by atoms with van der Waals surface area (Å²) in [6, 6.07) is 0. The van der Waals surface area contributed by atoms with Crippen LogP contribution in [0.1, 0.15) is 37.5 Å². The van der Waals surface area contributed by atoms with E-state index in [1.54, 1.807) is 0 Å². The fourth-order valence-corrected chi connectivity index (χ4v) is 3.16. The van der Waals surface area contributed by atoms with Crippen LogP contribution in [0.2, 0.25) is 0 Å². The maximum Gasteiger partial charge on any atom is 0.318 e. The van der Waals surface area contributed by atoms with E-state index in [2.05, 4.69) is 10.1 Å². The number of morpholine rings is 1. The lowest BCUT2D eigenvalue weighted by atomic mass is 9.91. The van der Waals surface area contributed by atoms with Gasteiger partial charge in [0.2, 0.25) is 5.89 Å². The average molecular weight is 295 g/mol. The minimum absolute atomic E-state index is 0.246. The number of rotatable bonds is 4. The number of ether oxygens (including phenoxy) is 2. The van der Waals surface area contributed by atoms with Gasteiger partial charge in [0.1, 0.15) is 5.92 Å². The molecule has 21 heavy (non-hydrogen) atoms. The summed E-state index contributed by atoms with van der Waals surface area (Å²) in [5.74, 6) is 0.463. The third-order valence-electron chi connectivity index (χ3n) is 4.32. The van der Waals surface area contributed by atoms with Crippen LogP contribution < -0.4 is 4.90 Å². The van der Waals surface area contributed by atoms with Crippen LogP contribution in [0.3, 0.4) is 0 Å². The van der Waals surface area contributed by atoms with Crippen molar-refractivity contribution in [1.29, 1.82) is 0 Å². The van der Waals surface area contributed by atoms with Crippen molar-refractivity contribution in [3.05, 3.63) is 5.89 Å². The third-order valence-corrected chi connectivity index (χ3v) is 4.32. The summed E-state index contributed by atoms with van der Waals surface area (Å²) in [6.07, 6.45) is 4.30. The van der Waals surface area contributed by atoms with E-state index in [9.17, 15) is 4.79 Å². The van der Waals surface area contributed by atoms with Crippen molar-refractivity contribution >= 4 is 11.9 Å². The van der Waals surface area contributed by atoms with Gasteiger partial charge in [-0.3, -0.25) is 4.79 Å². The van der Waals surface area contributed by atoms with Gasteiger partial charge in [0.25, 0.3) is 5.95 Å². The molecule has 2 heterocycles. The number of hydrogen-bond donors (Lipinski definition) is 0. The standard InChI is InChI=1S/C14H21N3O4/c1-19-13(18)11(10-4-2-3-5-10)12-15-14(16-21-12)17-6-8-20-9-7-17/h10-11H,2-9H2,1H3. The molecule has 7 heteroatoms. The molecule has 3 rings (SSSR count). The van der Waals surface area contributed by atoms with Crippen LogP contribution in [-0.4, -0.2) is 49.5 Å². The van der Waals surface area contributed by atoms with Crippen LogP contribution in [0.25, 0.3) is 0 Å². The summed E-state index contributed by atoms with van der Waals surface area (Å²) < 4.78 is 15.6. The van der Waals surface area contributed by atoms with Gasteiger partial charge in [0, 0.05) is 13.1 Å². The molecule has 1 aliphatic carbocycles. The monoisotopic (exact) mass is 295 g/mol. The van der Waals surface area contributed by atoms with Gasteiger partial charge in [-0.15, -0.1) is 0 Å². The topological polar surface area (TPSA) is 77.7 Å². The molecule has 0 bridgehead atoms. The van der Waals surface area contributed by atoms with E-state index in [1.807, 2.05) is 4.90 Å². The number of nitrogens with zero attached hydrogens (tertiary/aromatic N) is 3. The summed E-state index contributed by atoms with van der Waals surface area (Å²) in [6.45, 7) is 2.80. The minimum atomic E-state index is -0.431. The largest absolute Gasteiger partial charge is 0.468 e. The molecule has 116 valence electrons. The van der Waals surface area contributed by atoms with Gasteiger partial charge in [0.15, 0.2) is 0 Å². The van der Waals surface area contributed by atoms with E-state index in [0.717, 1.165) is 38.8 Å². The number of aromatic nitrogens is 2. The predicted molar refractivity (Wildman–Crippen MR) is 74.0 cm³/mol. The molecule has 7 nitrogen and oxygen atoms in total. The molecule has 1 saturated heterocycles. The van der Waals surface area contributed by atoms with E-state index in [1.165, 1.54) is 7.11 Å². The molecule has 1 aliphatic heterocycles. The van der Waals surface area contributed by atoms with Gasteiger partial charge < -0.3 is 18.9 Å². The number of esters is 1. The van der Waals surface area contributed by atoms with Crippen molar-refractivity contribution in [1.82, 2.24) is 10.1 Å². The average Bonchev–Trinajstić information content (AvgIpc) is 3.20. The van der Waals surface area contributed by atoms with Gasteiger partial charge >= 0.3 is 5.97 Å². The first-order valence-corrected chi connectivity index (χ1v) is 7.53. The molecule has 1 saturated carbocycles. The molecular formula is C14H21N3O4. The number of carbonyl (C=O) groups excluding carboxylic acids is 1. The maximum atomic E-state index is 12.1. The molecule has 1 atom stereocenters. The molecule has 0 aromatic carbocycles. The lowest BCUT2D eigenvalue weighted by molar-refractivity contribution is -0.144. The number of methoxy groups -OCH3 is 1. The smallest absolute Gasteiger partial charge is 0.318 e. The Labute approximate surface area is 123 Å². The van der Waals surface area contributed by atoms with E-state index in [-0.39, 0.29) is 11.9 Å². The predicted octanol–water partition coefficient (Wildman–Crippen LogP) is 1.35.